The Hall–Kier alpha value is -1.63. The highest BCUT2D eigenvalue weighted by Crippen LogP contribution is 2.33. The second kappa shape index (κ2) is 35.5. The fourth-order valence-electron chi connectivity index (χ4n) is 5.12. The third-order valence-electron chi connectivity index (χ3n) is 7.90. The SMILES string of the molecule is NOCCOCCOCCOCCNC(=O)CCSSCCNC(=O)CCOCCOCCOCCOCCNC(=O)CCCC[C@@H]1SC[C@H]2NC(=O)N[C@H]12. The summed E-state index contributed by atoms with van der Waals surface area (Å²) in [5.41, 5.74) is 0. The first-order valence-electron chi connectivity index (χ1n) is 19.1. The van der Waals surface area contributed by atoms with Gasteiger partial charge in [0.05, 0.1) is 111 Å². The van der Waals surface area contributed by atoms with Gasteiger partial charge in [0.1, 0.15) is 0 Å². The van der Waals surface area contributed by atoms with E-state index in [0.717, 1.165) is 30.8 Å². The summed E-state index contributed by atoms with van der Waals surface area (Å²) in [5.74, 6) is 7.22. The van der Waals surface area contributed by atoms with Crippen LogP contribution in [-0.4, -0.2) is 177 Å². The van der Waals surface area contributed by atoms with E-state index >= 15 is 0 Å². The third kappa shape index (κ3) is 28.4. The second-order valence-corrected chi connectivity index (χ2v) is 16.2. The number of ether oxygens (including phenoxy) is 7. The first-order chi connectivity index (χ1) is 27.0. The monoisotopic (exact) mass is 844 g/mol. The molecule has 3 atom stereocenters. The molecule has 2 saturated heterocycles. The highest BCUT2D eigenvalue weighted by atomic mass is 33.1. The van der Waals surface area contributed by atoms with Crippen molar-refractivity contribution in [3.05, 3.63) is 0 Å². The number of fused-ring (bicyclic) bond motifs is 1. The van der Waals surface area contributed by atoms with Crippen molar-refractivity contribution in [2.45, 2.75) is 55.9 Å². The molecule has 0 spiro atoms. The Kier molecular flexibility index (Phi) is 32.0. The fourth-order valence-corrected chi connectivity index (χ4v) is 8.56. The van der Waals surface area contributed by atoms with Gasteiger partial charge in [-0.15, -0.1) is 0 Å². The average molecular weight is 845 g/mol. The fraction of sp³-hybridized carbons (Fsp3) is 0.882. The van der Waals surface area contributed by atoms with Gasteiger partial charge in [-0.1, -0.05) is 28.0 Å². The largest absolute Gasteiger partial charge is 0.379 e. The van der Waals surface area contributed by atoms with E-state index in [1.54, 1.807) is 21.6 Å². The molecule has 0 aliphatic carbocycles. The maximum absolute atomic E-state index is 12.0. The highest BCUT2D eigenvalue weighted by molar-refractivity contribution is 8.76. The van der Waals surface area contributed by atoms with Crippen LogP contribution in [0.25, 0.3) is 0 Å². The Morgan fingerprint density at radius 2 is 1.09 bits per heavy atom. The van der Waals surface area contributed by atoms with Gasteiger partial charge in [-0.05, 0) is 12.8 Å². The first-order valence-corrected chi connectivity index (χ1v) is 22.6. The number of amides is 5. The molecule has 2 fully saturated rings. The summed E-state index contributed by atoms with van der Waals surface area (Å²) in [7, 11) is 3.21. The van der Waals surface area contributed by atoms with Crippen LogP contribution in [0.15, 0.2) is 0 Å². The first kappa shape index (κ1) is 49.5. The Bertz CT molecular complexity index is 1020. The minimum Gasteiger partial charge on any atom is -0.379 e. The van der Waals surface area contributed by atoms with Gasteiger partial charge in [0, 0.05) is 61.4 Å². The van der Waals surface area contributed by atoms with E-state index in [2.05, 4.69) is 31.4 Å². The van der Waals surface area contributed by atoms with E-state index in [-0.39, 0.29) is 42.3 Å². The minimum atomic E-state index is -0.0679. The Labute approximate surface area is 337 Å². The lowest BCUT2D eigenvalue weighted by atomic mass is 10.0. The summed E-state index contributed by atoms with van der Waals surface area (Å²) >= 11 is 1.89. The molecule has 5 amide bonds. The molecular formula is C34H64N6O12S3. The number of nitrogens with two attached hydrogens (primary N) is 1. The summed E-state index contributed by atoms with van der Waals surface area (Å²) in [5, 5.41) is 14.9. The number of unbranched alkanes of at least 4 members (excludes halogenated alkanes) is 1. The summed E-state index contributed by atoms with van der Waals surface area (Å²) in [6.07, 6.45) is 3.99. The smallest absolute Gasteiger partial charge is 0.315 e. The van der Waals surface area contributed by atoms with Gasteiger partial charge in [-0.3, -0.25) is 14.4 Å². The number of hydrogen-bond donors (Lipinski definition) is 6. The predicted octanol–water partition coefficient (Wildman–Crippen LogP) is 0.229. The molecule has 0 radical (unpaired) electrons. The molecular weight excluding hydrogens is 781 g/mol. The van der Waals surface area contributed by atoms with Crippen LogP contribution in [-0.2, 0) is 52.4 Å². The van der Waals surface area contributed by atoms with Gasteiger partial charge in [-0.25, -0.2) is 10.7 Å². The van der Waals surface area contributed by atoms with Gasteiger partial charge < -0.3 is 64.6 Å². The molecule has 2 aliphatic rings. The molecule has 0 aromatic heterocycles. The van der Waals surface area contributed by atoms with Crippen LogP contribution < -0.4 is 32.5 Å². The van der Waals surface area contributed by atoms with Gasteiger partial charge in [-0.2, -0.15) is 11.8 Å². The summed E-state index contributed by atoms with van der Waals surface area (Å²) in [6, 6.07) is 0.382. The van der Waals surface area contributed by atoms with Gasteiger partial charge in [0.25, 0.3) is 0 Å². The van der Waals surface area contributed by atoms with Crippen LogP contribution in [0.2, 0.25) is 0 Å². The minimum absolute atomic E-state index is 0.0209. The van der Waals surface area contributed by atoms with Crippen molar-refractivity contribution in [3.8, 4) is 0 Å². The van der Waals surface area contributed by atoms with E-state index in [0.29, 0.717) is 143 Å². The van der Waals surface area contributed by atoms with Crippen LogP contribution in [0.4, 0.5) is 4.79 Å². The van der Waals surface area contributed by atoms with E-state index in [1.165, 1.54) is 0 Å². The summed E-state index contributed by atoms with van der Waals surface area (Å²) in [4.78, 5) is 51.8. The molecule has 320 valence electrons. The molecule has 0 unspecified atom stereocenters. The summed E-state index contributed by atoms with van der Waals surface area (Å²) < 4.78 is 37.9. The molecule has 18 nitrogen and oxygen atoms in total. The number of urea groups is 1. The van der Waals surface area contributed by atoms with Crippen molar-refractivity contribution in [2.75, 3.05) is 136 Å². The van der Waals surface area contributed by atoms with Crippen LogP contribution in [0.5, 0.6) is 0 Å². The second-order valence-electron chi connectivity index (χ2n) is 12.2. The van der Waals surface area contributed by atoms with Gasteiger partial charge in [0.15, 0.2) is 0 Å². The molecule has 0 aromatic rings. The number of thioether (sulfide) groups is 1. The zero-order valence-electron chi connectivity index (χ0n) is 32.0. The lowest BCUT2D eigenvalue weighted by molar-refractivity contribution is -0.122. The van der Waals surface area contributed by atoms with Crippen molar-refractivity contribution >= 4 is 57.1 Å². The average Bonchev–Trinajstić information content (AvgIpc) is 3.73. The highest BCUT2D eigenvalue weighted by Gasteiger charge is 2.42. The molecule has 2 rings (SSSR count). The van der Waals surface area contributed by atoms with Gasteiger partial charge >= 0.3 is 6.03 Å². The van der Waals surface area contributed by atoms with Crippen LogP contribution >= 0.6 is 33.3 Å². The van der Waals surface area contributed by atoms with Crippen molar-refractivity contribution in [2.24, 2.45) is 5.90 Å². The number of nitrogens with one attached hydrogen (secondary N) is 5. The molecule has 2 heterocycles. The molecule has 21 heteroatoms. The van der Waals surface area contributed by atoms with E-state index < -0.39 is 0 Å². The Morgan fingerprint density at radius 3 is 1.69 bits per heavy atom. The standard InChI is InChI=1S/C34H64N6O12S3/c35-52-24-23-51-22-21-50-18-15-47-12-8-37-32(43)6-25-54-55-26-9-38-31(42)5-10-45-13-16-48-19-20-49-17-14-46-11-7-36-30(41)4-2-1-3-29-33-28(27-53-29)39-34(44)40-33/h28-29,33H,1-27,35H2,(H,36,41)(H,37,43)(H,38,42)(H2,39,40,44)/t28-,29+,33+/m1/s1. The van der Waals surface area contributed by atoms with E-state index in [4.69, 9.17) is 39.1 Å². The summed E-state index contributed by atoms with van der Waals surface area (Å²) in [6.45, 7) is 7.81. The topological polar surface area (TPSA) is 228 Å². The lowest BCUT2D eigenvalue weighted by Gasteiger charge is -2.16. The molecule has 2 aliphatic heterocycles. The quantitative estimate of drug-likeness (QED) is 0.0211. The van der Waals surface area contributed by atoms with Crippen molar-refractivity contribution in [1.82, 2.24) is 26.6 Å². The van der Waals surface area contributed by atoms with Crippen molar-refractivity contribution < 1.29 is 57.2 Å². The predicted molar refractivity (Wildman–Crippen MR) is 213 cm³/mol. The molecule has 7 N–H and O–H groups in total. The zero-order chi connectivity index (χ0) is 39.4. The lowest BCUT2D eigenvalue weighted by Crippen LogP contribution is -2.36. The normalized spacial score (nSPS) is 17.5. The Balaban J connectivity index is 1.20. The Morgan fingerprint density at radius 1 is 0.600 bits per heavy atom. The zero-order valence-corrected chi connectivity index (χ0v) is 34.5. The van der Waals surface area contributed by atoms with Crippen LogP contribution in [0.3, 0.4) is 0 Å². The maximum Gasteiger partial charge on any atom is 0.315 e. The van der Waals surface area contributed by atoms with Crippen LogP contribution in [0, 0.1) is 0 Å². The van der Waals surface area contributed by atoms with Crippen molar-refractivity contribution in [3.63, 3.8) is 0 Å². The number of rotatable bonds is 39. The number of carbonyl (C=O) groups excluding carboxylic acids is 4. The number of carbonyl (C=O) groups is 4. The van der Waals surface area contributed by atoms with Crippen LogP contribution in [0.1, 0.15) is 38.5 Å². The molecule has 0 bridgehead atoms. The number of hydrogen-bond acceptors (Lipinski definition) is 16. The van der Waals surface area contributed by atoms with E-state index in [9.17, 15) is 19.2 Å². The molecule has 55 heavy (non-hydrogen) atoms. The maximum atomic E-state index is 12.0. The molecule has 0 saturated carbocycles. The van der Waals surface area contributed by atoms with Crippen molar-refractivity contribution in [1.29, 1.82) is 0 Å². The van der Waals surface area contributed by atoms with E-state index in [1.807, 2.05) is 11.8 Å². The molecule has 0 aromatic carbocycles. The van der Waals surface area contributed by atoms with Gasteiger partial charge in [0.2, 0.25) is 17.7 Å². The third-order valence-corrected chi connectivity index (χ3v) is 11.8.